The summed E-state index contributed by atoms with van der Waals surface area (Å²) in [6, 6.07) is 7.35. The summed E-state index contributed by atoms with van der Waals surface area (Å²) in [7, 11) is 0. The molecule has 0 amide bonds. The summed E-state index contributed by atoms with van der Waals surface area (Å²) >= 11 is 5.74. The fraction of sp³-hybridized carbons (Fsp3) is 0.182. The van der Waals surface area contributed by atoms with Crippen LogP contribution in [0.5, 0.6) is 0 Å². The lowest BCUT2D eigenvalue weighted by Crippen LogP contribution is -1.94. The molecule has 1 aromatic rings. The zero-order valence-corrected chi connectivity index (χ0v) is 8.25. The Morgan fingerprint density at radius 3 is 2.57 bits per heavy atom. The number of ether oxygens (including phenoxy) is 1. The predicted octanol–water partition coefficient (Wildman–Crippen LogP) is 2.67. The lowest BCUT2D eigenvalue weighted by atomic mass is 10.1. The van der Waals surface area contributed by atoms with Crippen LogP contribution in [0, 0.1) is 0 Å². The van der Waals surface area contributed by atoms with Crippen molar-refractivity contribution in [2.24, 2.45) is 0 Å². The number of halogens is 1. The Morgan fingerprint density at radius 2 is 2.00 bits per heavy atom. The third-order valence-corrected chi connectivity index (χ3v) is 2.33. The molecule has 1 aliphatic heterocycles. The van der Waals surface area contributed by atoms with Crippen LogP contribution in [0.15, 0.2) is 29.8 Å². The quantitative estimate of drug-likeness (QED) is 0.524. The molecule has 0 aromatic heterocycles. The van der Waals surface area contributed by atoms with Gasteiger partial charge in [-0.25, -0.2) is 4.79 Å². The first-order valence-corrected chi connectivity index (χ1v) is 4.77. The lowest BCUT2D eigenvalue weighted by molar-refractivity contribution is -0.134. The van der Waals surface area contributed by atoms with Crippen LogP contribution in [-0.2, 0) is 9.53 Å². The molecule has 1 aliphatic rings. The minimum absolute atomic E-state index is 0.208. The molecule has 0 N–H and O–H groups in total. The summed E-state index contributed by atoms with van der Waals surface area (Å²) < 4.78 is 4.83. The van der Waals surface area contributed by atoms with E-state index in [9.17, 15) is 4.79 Å². The van der Waals surface area contributed by atoms with Gasteiger partial charge in [0.1, 0.15) is 0 Å². The van der Waals surface area contributed by atoms with E-state index >= 15 is 0 Å². The van der Waals surface area contributed by atoms with Gasteiger partial charge in [0.05, 0.1) is 6.61 Å². The topological polar surface area (TPSA) is 26.3 Å². The van der Waals surface area contributed by atoms with Crippen molar-refractivity contribution >= 4 is 23.6 Å². The van der Waals surface area contributed by atoms with Gasteiger partial charge in [0.25, 0.3) is 0 Å². The Morgan fingerprint density at radius 1 is 1.29 bits per heavy atom. The van der Waals surface area contributed by atoms with E-state index in [0.717, 1.165) is 11.1 Å². The number of carbonyl (C=O) groups is 1. The minimum atomic E-state index is -0.208. The first kappa shape index (κ1) is 9.28. The molecule has 1 heterocycles. The number of hydrogen-bond donors (Lipinski definition) is 0. The second kappa shape index (κ2) is 3.84. The minimum Gasteiger partial charge on any atom is -0.462 e. The van der Waals surface area contributed by atoms with Crippen LogP contribution < -0.4 is 0 Å². The fourth-order valence-electron chi connectivity index (χ4n) is 1.34. The standard InChI is InChI=1S/C11H9ClO2/c12-10-3-1-8(2-4-10)7-9-5-6-14-11(9)13/h1-4,7H,5-6H2/b9-7+. The number of carbonyl (C=O) groups excluding carboxylic acids is 1. The fourth-order valence-corrected chi connectivity index (χ4v) is 1.47. The number of benzene rings is 1. The van der Waals surface area contributed by atoms with Crippen LogP contribution in [0.1, 0.15) is 12.0 Å². The summed E-state index contributed by atoms with van der Waals surface area (Å²) in [5.41, 5.74) is 1.70. The summed E-state index contributed by atoms with van der Waals surface area (Å²) in [5.74, 6) is -0.208. The average molecular weight is 209 g/mol. The second-order valence-corrected chi connectivity index (χ2v) is 3.54. The maximum Gasteiger partial charge on any atom is 0.334 e. The van der Waals surface area contributed by atoms with Crippen LogP contribution in [0.2, 0.25) is 5.02 Å². The smallest absolute Gasteiger partial charge is 0.334 e. The Bertz CT molecular complexity index is 379. The van der Waals surface area contributed by atoms with Crippen LogP contribution >= 0.6 is 11.6 Å². The van der Waals surface area contributed by atoms with Gasteiger partial charge < -0.3 is 4.74 Å². The molecule has 0 unspecified atom stereocenters. The molecule has 0 bridgehead atoms. The number of hydrogen-bond acceptors (Lipinski definition) is 2. The van der Waals surface area contributed by atoms with Gasteiger partial charge in [-0.3, -0.25) is 0 Å². The molecular formula is C11H9ClO2. The SMILES string of the molecule is O=C1OCC/C1=C\c1ccc(Cl)cc1. The molecule has 72 valence electrons. The van der Waals surface area contributed by atoms with Crippen molar-refractivity contribution in [1.82, 2.24) is 0 Å². The van der Waals surface area contributed by atoms with Crippen molar-refractivity contribution in [3.05, 3.63) is 40.4 Å². The van der Waals surface area contributed by atoms with Crippen LogP contribution in [-0.4, -0.2) is 12.6 Å². The van der Waals surface area contributed by atoms with E-state index in [-0.39, 0.29) is 5.97 Å². The van der Waals surface area contributed by atoms with Gasteiger partial charge in [0.15, 0.2) is 0 Å². The van der Waals surface area contributed by atoms with Gasteiger partial charge in [-0.15, -0.1) is 0 Å². The Hall–Kier alpha value is -1.28. The van der Waals surface area contributed by atoms with Gasteiger partial charge in [-0.2, -0.15) is 0 Å². The van der Waals surface area contributed by atoms with Crippen LogP contribution in [0.4, 0.5) is 0 Å². The molecular weight excluding hydrogens is 200 g/mol. The highest BCUT2D eigenvalue weighted by molar-refractivity contribution is 6.30. The molecule has 0 saturated carbocycles. The second-order valence-electron chi connectivity index (χ2n) is 3.11. The van der Waals surface area contributed by atoms with Crippen molar-refractivity contribution in [2.75, 3.05) is 6.61 Å². The highest BCUT2D eigenvalue weighted by Crippen LogP contribution is 2.18. The van der Waals surface area contributed by atoms with Crippen molar-refractivity contribution in [3.8, 4) is 0 Å². The van der Waals surface area contributed by atoms with Crippen molar-refractivity contribution in [3.63, 3.8) is 0 Å². The third kappa shape index (κ3) is 1.96. The molecule has 0 atom stereocenters. The summed E-state index contributed by atoms with van der Waals surface area (Å²) in [5, 5.41) is 0.696. The molecule has 14 heavy (non-hydrogen) atoms. The van der Waals surface area contributed by atoms with Gasteiger partial charge in [0, 0.05) is 17.0 Å². The van der Waals surface area contributed by atoms with E-state index < -0.39 is 0 Å². The molecule has 0 spiro atoms. The van der Waals surface area contributed by atoms with Gasteiger partial charge in [-0.1, -0.05) is 23.7 Å². The number of cyclic esters (lactones) is 1. The van der Waals surface area contributed by atoms with E-state index in [4.69, 9.17) is 16.3 Å². The first-order valence-electron chi connectivity index (χ1n) is 4.39. The molecule has 0 radical (unpaired) electrons. The van der Waals surface area contributed by atoms with E-state index in [1.165, 1.54) is 0 Å². The zero-order chi connectivity index (χ0) is 9.97. The monoisotopic (exact) mass is 208 g/mol. The average Bonchev–Trinajstić information content (AvgIpc) is 2.56. The molecule has 1 fully saturated rings. The van der Waals surface area contributed by atoms with Gasteiger partial charge in [0.2, 0.25) is 0 Å². The molecule has 0 aliphatic carbocycles. The number of rotatable bonds is 1. The van der Waals surface area contributed by atoms with E-state index in [1.54, 1.807) is 12.1 Å². The molecule has 2 nitrogen and oxygen atoms in total. The maximum absolute atomic E-state index is 11.1. The van der Waals surface area contributed by atoms with Crippen molar-refractivity contribution < 1.29 is 9.53 Å². The normalized spacial score (nSPS) is 18.6. The van der Waals surface area contributed by atoms with Gasteiger partial charge in [-0.05, 0) is 23.8 Å². The zero-order valence-electron chi connectivity index (χ0n) is 7.50. The first-order chi connectivity index (χ1) is 6.75. The Kier molecular flexibility index (Phi) is 2.55. The summed E-state index contributed by atoms with van der Waals surface area (Å²) in [4.78, 5) is 11.1. The van der Waals surface area contributed by atoms with E-state index in [2.05, 4.69) is 0 Å². The van der Waals surface area contributed by atoms with Gasteiger partial charge >= 0.3 is 5.97 Å². The number of esters is 1. The lowest BCUT2D eigenvalue weighted by Gasteiger charge is -1.95. The van der Waals surface area contributed by atoms with Crippen molar-refractivity contribution in [2.45, 2.75) is 6.42 Å². The molecule has 3 heteroatoms. The molecule has 1 saturated heterocycles. The summed E-state index contributed by atoms with van der Waals surface area (Å²) in [6.07, 6.45) is 2.53. The van der Waals surface area contributed by atoms with Crippen LogP contribution in [0.25, 0.3) is 6.08 Å². The molecule has 2 rings (SSSR count). The molecule has 1 aromatic carbocycles. The Balaban J connectivity index is 2.24. The van der Waals surface area contributed by atoms with Crippen molar-refractivity contribution in [1.29, 1.82) is 0 Å². The highest BCUT2D eigenvalue weighted by atomic mass is 35.5. The summed E-state index contributed by atoms with van der Waals surface area (Å²) in [6.45, 7) is 0.498. The highest BCUT2D eigenvalue weighted by Gasteiger charge is 2.17. The van der Waals surface area contributed by atoms with E-state index in [0.29, 0.717) is 18.1 Å². The van der Waals surface area contributed by atoms with E-state index in [1.807, 2.05) is 18.2 Å². The van der Waals surface area contributed by atoms with Crippen LogP contribution in [0.3, 0.4) is 0 Å². The maximum atomic E-state index is 11.1. The predicted molar refractivity (Wildman–Crippen MR) is 55.0 cm³/mol. The largest absolute Gasteiger partial charge is 0.462 e. The third-order valence-electron chi connectivity index (χ3n) is 2.08. The Labute approximate surface area is 87.1 Å².